The smallest absolute Gasteiger partial charge is 0.251 e. The molecular weight excluding hydrogens is 204 g/mol. The van der Waals surface area contributed by atoms with Crippen LogP contribution in [0.2, 0.25) is 0 Å². The first kappa shape index (κ1) is 11.9. The minimum atomic E-state index is -0.228. The first-order chi connectivity index (χ1) is 7.72. The highest BCUT2D eigenvalue weighted by atomic mass is 16.5. The van der Waals surface area contributed by atoms with Gasteiger partial charge in [-0.15, -0.1) is 0 Å². The molecule has 2 saturated heterocycles. The monoisotopic (exact) mass is 226 g/mol. The van der Waals surface area contributed by atoms with Crippen molar-refractivity contribution in [3.8, 4) is 0 Å². The van der Waals surface area contributed by atoms with Gasteiger partial charge in [0.25, 0.3) is 5.91 Å². The molecule has 2 N–H and O–H groups in total. The molecule has 0 aromatic rings. The van der Waals surface area contributed by atoms with E-state index < -0.39 is 0 Å². The lowest BCUT2D eigenvalue weighted by molar-refractivity contribution is -0.146. The van der Waals surface area contributed by atoms with Crippen LogP contribution in [0.4, 0.5) is 0 Å². The Kier molecular flexibility index (Phi) is 3.82. The number of hydrogen-bond donors (Lipinski definition) is 1. The van der Waals surface area contributed by atoms with Crippen molar-refractivity contribution in [1.29, 1.82) is 0 Å². The number of likely N-dealkylation sites (tertiary alicyclic amines) is 1. The number of carbonyl (C=O) groups excluding carboxylic acids is 1. The molecule has 0 bridgehead atoms. The van der Waals surface area contributed by atoms with Crippen molar-refractivity contribution in [2.45, 2.75) is 57.3 Å². The number of hydrogen-bond acceptors (Lipinski definition) is 3. The average Bonchev–Trinajstić information content (AvgIpc) is 2.77. The van der Waals surface area contributed by atoms with Gasteiger partial charge in [-0.1, -0.05) is 0 Å². The van der Waals surface area contributed by atoms with Gasteiger partial charge in [-0.05, 0) is 39.0 Å². The largest absolute Gasteiger partial charge is 0.364 e. The van der Waals surface area contributed by atoms with Gasteiger partial charge < -0.3 is 15.4 Å². The Labute approximate surface area is 97.1 Å². The third-order valence-electron chi connectivity index (χ3n) is 3.73. The Balaban J connectivity index is 1.91. The summed E-state index contributed by atoms with van der Waals surface area (Å²) in [5.74, 6) is 0.183. The molecule has 1 amide bonds. The molecule has 2 fully saturated rings. The number of nitrogens with zero attached hydrogens (tertiary/aromatic N) is 1. The van der Waals surface area contributed by atoms with E-state index >= 15 is 0 Å². The van der Waals surface area contributed by atoms with Crippen LogP contribution in [0, 0.1) is 0 Å². The van der Waals surface area contributed by atoms with E-state index in [2.05, 4.69) is 6.92 Å². The Bertz CT molecular complexity index is 257. The summed E-state index contributed by atoms with van der Waals surface area (Å²) in [5, 5.41) is 0. The van der Waals surface area contributed by atoms with Crippen LogP contribution in [0.15, 0.2) is 0 Å². The van der Waals surface area contributed by atoms with Gasteiger partial charge in [0.2, 0.25) is 0 Å². The summed E-state index contributed by atoms with van der Waals surface area (Å²) in [6.07, 6.45) is 5.12. The zero-order valence-electron chi connectivity index (χ0n) is 10.0. The van der Waals surface area contributed by atoms with Crippen molar-refractivity contribution in [1.82, 2.24) is 4.90 Å². The molecular formula is C12H22N2O2. The normalized spacial score (nSPS) is 35.4. The maximum Gasteiger partial charge on any atom is 0.251 e. The Morgan fingerprint density at radius 2 is 2.19 bits per heavy atom. The lowest BCUT2D eigenvalue weighted by Crippen LogP contribution is -2.47. The molecule has 3 atom stereocenters. The number of nitrogens with two attached hydrogens (primary N) is 1. The molecule has 4 nitrogen and oxygen atoms in total. The average molecular weight is 226 g/mol. The van der Waals surface area contributed by atoms with Crippen molar-refractivity contribution < 1.29 is 9.53 Å². The molecule has 0 saturated carbocycles. The van der Waals surface area contributed by atoms with Gasteiger partial charge in [0.1, 0.15) is 6.10 Å². The molecule has 0 radical (unpaired) electrons. The minimum absolute atomic E-state index is 0.0917. The molecule has 2 aliphatic heterocycles. The fourth-order valence-electron chi connectivity index (χ4n) is 2.67. The molecule has 0 aromatic heterocycles. The highest BCUT2D eigenvalue weighted by molar-refractivity contribution is 5.81. The summed E-state index contributed by atoms with van der Waals surface area (Å²) < 4.78 is 5.66. The summed E-state index contributed by atoms with van der Waals surface area (Å²) in [6.45, 7) is 3.55. The van der Waals surface area contributed by atoms with Crippen LogP contribution < -0.4 is 5.73 Å². The summed E-state index contributed by atoms with van der Waals surface area (Å²) in [4.78, 5) is 14.2. The SMILES string of the molecule is CC1CCCCN1C(=O)C1CCC(CN)O1. The van der Waals surface area contributed by atoms with Crippen LogP contribution in [0.25, 0.3) is 0 Å². The van der Waals surface area contributed by atoms with Crippen molar-refractivity contribution in [2.75, 3.05) is 13.1 Å². The topological polar surface area (TPSA) is 55.6 Å². The molecule has 2 heterocycles. The van der Waals surface area contributed by atoms with Crippen LogP contribution in [-0.4, -0.2) is 42.1 Å². The highest BCUT2D eigenvalue weighted by Gasteiger charge is 2.35. The third kappa shape index (κ3) is 2.38. The summed E-state index contributed by atoms with van der Waals surface area (Å²) in [7, 11) is 0. The number of piperidine rings is 1. The molecule has 92 valence electrons. The van der Waals surface area contributed by atoms with E-state index in [9.17, 15) is 4.79 Å². The van der Waals surface area contributed by atoms with E-state index in [-0.39, 0.29) is 18.1 Å². The lowest BCUT2D eigenvalue weighted by atomic mass is 10.0. The Hall–Kier alpha value is -0.610. The second kappa shape index (κ2) is 5.15. The quantitative estimate of drug-likeness (QED) is 0.761. The lowest BCUT2D eigenvalue weighted by Gasteiger charge is -2.35. The van der Waals surface area contributed by atoms with Crippen molar-refractivity contribution in [3.05, 3.63) is 0 Å². The predicted octanol–water partition coefficient (Wildman–Crippen LogP) is 0.894. The fourth-order valence-corrected chi connectivity index (χ4v) is 2.67. The zero-order valence-corrected chi connectivity index (χ0v) is 10.0. The van der Waals surface area contributed by atoms with Gasteiger partial charge in [-0.3, -0.25) is 4.79 Å². The maximum absolute atomic E-state index is 12.2. The molecule has 3 unspecified atom stereocenters. The second-order valence-electron chi connectivity index (χ2n) is 4.94. The molecule has 0 aliphatic carbocycles. The minimum Gasteiger partial charge on any atom is -0.364 e. The molecule has 2 aliphatic rings. The summed E-state index contributed by atoms with van der Waals surface area (Å²) in [6, 6.07) is 0.377. The second-order valence-corrected chi connectivity index (χ2v) is 4.94. The number of carbonyl (C=O) groups is 1. The van der Waals surface area contributed by atoms with Crippen molar-refractivity contribution >= 4 is 5.91 Å². The van der Waals surface area contributed by atoms with Crippen LogP contribution in [0.1, 0.15) is 39.0 Å². The van der Waals surface area contributed by atoms with Crippen LogP contribution in [-0.2, 0) is 9.53 Å². The number of amides is 1. The number of rotatable bonds is 2. The fraction of sp³-hybridized carbons (Fsp3) is 0.917. The van der Waals surface area contributed by atoms with E-state index in [4.69, 9.17) is 10.5 Å². The summed E-state index contributed by atoms with van der Waals surface area (Å²) in [5.41, 5.74) is 5.55. The Morgan fingerprint density at radius 1 is 1.38 bits per heavy atom. The molecule has 0 spiro atoms. The number of ether oxygens (including phenoxy) is 1. The third-order valence-corrected chi connectivity index (χ3v) is 3.73. The first-order valence-corrected chi connectivity index (χ1v) is 6.38. The highest BCUT2D eigenvalue weighted by Crippen LogP contribution is 2.24. The molecule has 16 heavy (non-hydrogen) atoms. The van der Waals surface area contributed by atoms with E-state index in [0.29, 0.717) is 12.6 Å². The van der Waals surface area contributed by atoms with Gasteiger partial charge >= 0.3 is 0 Å². The molecule has 0 aromatic carbocycles. The van der Waals surface area contributed by atoms with Crippen LogP contribution in [0.5, 0.6) is 0 Å². The van der Waals surface area contributed by atoms with Gasteiger partial charge in [0.05, 0.1) is 6.10 Å². The van der Waals surface area contributed by atoms with E-state index in [1.165, 1.54) is 6.42 Å². The van der Waals surface area contributed by atoms with Gasteiger partial charge in [0.15, 0.2) is 0 Å². The van der Waals surface area contributed by atoms with E-state index in [1.54, 1.807) is 0 Å². The standard InChI is InChI=1S/C12H22N2O2/c1-9-4-2-3-7-14(9)12(15)11-6-5-10(8-13)16-11/h9-11H,2-8,13H2,1H3. The van der Waals surface area contributed by atoms with Gasteiger partial charge in [-0.25, -0.2) is 0 Å². The Morgan fingerprint density at radius 3 is 2.81 bits per heavy atom. The first-order valence-electron chi connectivity index (χ1n) is 6.38. The van der Waals surface area contributed by atoms with Gasteiger partial charge in [0, 0.05) is 19.1 Å². The molecule has 2 rings (SSSR count). The maximum atomic E-state index is 12.2. The van der Waals surface area contributed by atoms with Crippen LogP contribution in [0.3, 0.4) is 0 Å². The zero-order chi connectivity index (χ0) is 11.5. The van der Waals surface area contributed by atoms with Crippen molar-refractivity contribution in [2.24, 2.45) is 5.73 Å². The van der Waals surface area contributed by atoms with Crippen molar-refractivity contribution in [3.63, 3.8) is 0 Å². The van der Waals surface area contributed by atoms with Crippen LogP contribution >= 0.6 is 0 Å². The predicted molar refractivity (Wildman–Crippen MR) is 62.0 cm³/mol. The van der Waals surface area contributed by atoms with E-state index in [1.807, 2.05) is 4.90 Å². The van der Waals surface area contributed by atoms with Gasteiger partial charge in [-0.2, -0.15) is 0 Å². The van der Waals surface area contributed by atoms with E-state index in [0.717, 1.165) is 32.2 Å². The summed E-state index contributed by atoms with van der Waals surface area (Å²) >= 11 is 0. The molecule has 4 heteroatoms.